The van der Waals surface area contributed by atoms with Crippen LogP contribution in [-0.4, -0.2) is 46.8 Å². The predicted octanol–water partition coefficient (Wildman–Crippen LogP) is 4.88. The second kappa shape index (κ2) is 10.6. The Morgan fingerprint density at radius 3 is 2.30 bits per heavy atom. The van der Waals surface area contributed by atoms with Crippen molar-refractivity contribution in [2.24, 2.45) is 0 Å². The van der Waals surface area contributed by atoms with Crippen molar-refractivity contribution in [3.05, 3.63) is 72.4 Å². The normalized spacial score (nSPS) is 11.0. The van der Waals surface area contributed by atoms with Gasteiger partial charge < -0.3 is 19.3 Å². The van der Waals surface area contributed by atoms with Crippen LogP contribution in [0.5, 0.6) is 5.75 Å². The van der Waals surface area contributed by atoms with E-state index in [4.69, 9.17) is 9.84 Å². The molecule has 0 aliphatic heterocycles. The van der Waals surface area contributed by atoms with E-state index < -0.39 is 5.97 Å². The summed E-state index contributed by atoms with van der Waals surface area (Å²) in [5, 5.41) is 9.12. The lowest BCUT2D eigenvalue weighted by molar-refractivity contribution is -0.136. The maximum absolute atomic E-state index is 11.1. The van der Waals surface area contributed by atoms with Crippen molar-refractivity contribution >= 4 is 5.97 Å². The number of likely N-dealkylation sites (N-methyl/N-ethyl adjacent to an activating group) is 1. The zero-order valence-corrected chi connectivity index (χ0v) is 17.8. The molecule has 2 aromatic carbocycles. The summed E-state index contributed by atoms with van der Waals surface area (Å²) in [7, 11) is 0. The van der Waals surface area contributed by atoms with Crippen molar-refractivity contribution in [2.75, 3.05) is 26.2 Å². The molecule has 5 heteroatoms. The Bertz CT molecular complexity index is 929. The Labute approximate surface area is 178 Å². The smallest absolute Gasteiger partial charge is 0.303 e. The predicted molar refractivity (Wildman–Crippen MR) is 120 cm³/mol. The van der Waals surface area contributed by atoms with Crippen LogP contribution in [0.3, 0.4) is 0 Å². The Balaban J connectivity index is 1.82. The van der Waals surface area contributed by atoms with E-state index in [1.165, 1.54) is 0 Å². The number of rotatable bonds is 11. The van der Waals surface area contributed by atoms with E-state index in [9.17, 15) is 4.79 Å². The van der Waals surface area contributed by atoms with E-state index in [-0.39, 0.29) is 6.42 Å². The Kier molecular flexibility index (Phi) is 7.69. The standard InChI is InChI=1S/C25H30N2O3/c1-3-26(4-2)18-19-30-23-14-10-21(11-15-23)27-22(13-17-25(28)29)12-16-24(27)20-8-6-5-7-9-20/h5-12,14-16H,3-4,13,17-19H2,1-2H3,(H,28,29). The minimum absolute atomic E-state index is 0.102. The van der Waals surface area contributed by atoms with Crippen LogP contribution in [-0.2, 0) is 11.2 Å². The van der Waals surface area contributed by atoms with Gasteiger partial charge in [-0.1, -0.05) is 44.2 Å². The lowest BCUT2D eigenvalue weighted by Crippen LogP contribution is -2.27. The Morgan fingerprint density at radius 1 is 0.967 bits per heavy atom. The molecule has 1 aromatic heterocycles. The van der Waals surface area contributed by atoms with Crippen molar-refractivity contribution in [3.8, 4) is 22.7 Å². The van der Waals surface area contributed by atoms with Crippen molar-refractivity contribution in [1.82, 2.24) is 9.47 Å². The maximum atomic E-state index is 11.1. The molecule has 158 valence electrons. The number of ether oxygens (including phenoxy) is 1. The largest absolute Gasteiger partial charge is 0.492 e. The van der Waals surface area contributed by atoms with Gasteiger partial charge in [0.15, 0.2) is 0 Å². The summed E-state index contributed by atoms with van der Waals surface area (Å²) < 4.78 is 8.04. The van der Waals surface area contributed by atoms with Gasteiger partial charge in [-0.05, 0) is 61.5 Å². The summed E-state index contributed by atoms with van der Waals surface area (Å²) in [5.74, 6) is 0.0485. The summed E-state index contributed by atoms with van der Waals surface area (Å²) in [6, 6.07) is 22.2. The van der Waals surface area contributed by atoms with Crippen LogP contribution in [0.1, 0.15) is 26.0 Å². The highest BCUT2D eigenvalue weighted by Gasteiger charge is 2.13. The first-order valence-corrected chi connectivity index (χ1v) is 10.6. The van der Waals surface area contributed by atoms with E-state index >= 15 is 0 Å². The number of aryl methyl sites for hydroxylation is 1. The Morgan fingerprint density at radius 2 is 1.67 bits per heavy atom. The number of aromatic nitrogens is 1. The van der Waals surface area contributed by atoms with Crippen LogP contribution < -0.4 is 4.74 Å². The Hall–Kier alpha value is -3.05. The molecule has 0 fully saturated rings. The molecule has 0 saturated carbocycles. The number of hydrogen-bond donors (Lipinski definition) is 1. The molecule has 0 aliphatic rings. The highest BCUT2D eigenvalue weighted by Crippen LogP contribution is 2.28. The average molecular weight is 407 g/mol. The number of carboxylic acids is 1. The summed E-state index contributed by atoms with van der Waals surface area (Å²) in [4.78, 5) is 13.4. The van der Waals surface area contributed by atoms with E-state index in [1.807, 2.05) is 48.5 Å². The number of nitrogens with zero attached hydrogens (tertiary/aromatic N) is 2. The molecule has 5 nitrogen and oxygen atoms in total. The molecule has 0 saturated heterocycles. The van der Waals surface area contributed by atoms with Gasteiger partial charge in [0.2, 0.25) is 0 Å². The number of carbonyl (C=O) groups is 1. The van der Waals surface area contributed by atoms with Crippen LogP contribution in [0.15, 0.2) is 66.7 Å². The van der Waals surface area contributed by atoms with Crippen molar-refractivity contribution in [2.45, 2.75) is 26.7 Å². The SMILES string of the molecule is CCN(CC)CCOc1ccc(-n2c(CCC(=O)O)ccc2-c2ccccc2)cc1. The van der Waals surface area contributed by atoms with Gasteiger partial charge in [-0.2, -0.15) is 0 Å². The second-order valence-electron chi connectivity index (χ2n) is 7.17. The fourth-order valence-electron chi connectivity index (χ4n) is 3.57. The molecule has 30 heavy (non-hydrogen) atoms. The van der Waals surface area contributed by atoms with Crippen molar-refractivity contribution in [3.63, 3.8) is 0 Å². The molecule has 3 aromatic rings. The summed E-state index contributed by atoms with van der Waals surface area (Å²) in [5.41, 5.74) is 4.12. The lowest BCUT2D eigenvalue weighted by Gasteiger charge is -2.18. The first-order valence-electron chi connectivity index (χ1n) is 10.6. The topological polar surface area (TPSA) is 54.7 Å². The molecule has 0 atom stereocenters. The summed E-state index contributed by atoms with van der Waals surface area (Å²) in [6.45, 7) is 7.92. The van der Waals surface area contributed by atoms with Gasteiger partial charge in [0, 0.05) is 17.9 Å². The average Bonchev–Trinajstić information content (AvgIpc) is 3.20. The monoisotopic (exact) mass is 406 g/mol. The molecule has 1 heterocycles. The van der Waals surface area contributed by atoms with Gasteiger partial charge >= 0.3 is 5.97 Å². The van der Waals surface area contributed by atoms with E-state index in [0.29, 0.717) is 13.0 Å². The third-order valence-corrected chi connectivity index (χ3v) is 5.29. The molecule has 0 bridgehead atoms. The van der Waals surface area contributed by atoms with Crippen molar-refractivity contribution in [1.29, 1.82) is 0 Å². The van der Waals surface area contributed by atoms with Gasteiger partial charge in [-0.15, -0.1) is 0 Å². The molecule has 0 radical (unpaired) electrons. The van der Waals surface area contributed by atoms with Gasteiger partial charge in [0.25, 0.3) is 0 Å². The van der Waals surface area contributed by atoms with E-state index in [2.05, 4.69) is 41.5 Å². The molecular weight excluding hydrogens is 376 g/mol. The molecule has 3 rings (SSSR count). The van der Waals surface area contributed by atoms with Crippen LogP contribution in [0.25, 0.3) is 16.9 Å². The molecule has 1 N–H and O–H groups in total. The van der Waals surface area contributed by atoms with Crippen LogP contribution >= 0.6 is 0 Å². The first-order chi connectivity index (χ1) is 14.6. The second-order valence-corrected chi connectivity index (χ2v) is 7.17. The van der Waals surface area contributed by atoms with Crippen LogP contribution in [0.4, 0.5) is 0 Å². The highest BCUT2D eigenvalue weighted by molar-refractivity contribution is 5.68. The van der Waals surface area contributed by atoms with E-state index in [0.717, 1.165) is 48.0 Å². The van der Waals surface area contributed by atoms with E-state index in [1.54, 1.807) is 0 Å². The zero-order chi connectivity index (χ0) is 21.3. The van der Waals surface area contributed by atoms with Crippen LogP contribution in [0.2, 0.25) is 0 Å². The van der Waals surface area contributed by atoms with Gasteiger partial charge in [-0.3, -0.25) is 4.79 Å². The number of carboxylic acid groups (broad SMARTS) is 1. The molecular formula is C25H30N2O3. The fraction of sp³-hybridized carbons (Fsp3) is 0.320. The lowest BCUT2D eigenvalue weighted by atomic mass is 10.1. The summed E-state index contributed by atoms with van der Waals surface area (Å²) >= 11 is 0. The van der Waals surface area contributed by atoms with Gasteiger partial charge in [-0.25, -0.2) is 0 Å². The fourth-order valence-corrected chi connectivity index (χ4v) is 3.57. The van der Waals surface area contributed by atoms with Gasteiger partial charge in [0.05, 0.1) is 12.1 Å². The zero-order valence-electron chi connectivity index (χ0n) is 17.8. The summed E-state index contributed by atoms with van der Waals surface area (Å²) in [6.07, 6.45) is 0.578. The van der Waals surface area contributed by atoms with Gasteiger partial charge in [0.1, 0.15) is 12.4 Å². The highest BCUT2D eigenvalue weighted by atomic mass is 16.5. The minimum atomic E-state index is -0.791. The third-order valence-electron chi connectivity index (χ3n) is 5.29. The number of benzene rings is 2. The number of aliphatic carboxylic acids is 1. The minimum Gasteiger partial charge on any atom is -0.492 e. The number of hydrogen-bond acceptors (Lipinski definition) is 3. The first kappa shape index (κ1) is 21.7. The molecule has 0 aliphatic carbocycles. The molecule has 0 amide bonds. The van der Waals surface area contributed by atoms with Crippen molar-refractivity contribution < 1.29 is 14.6 Å². The molecule has 0 spiro atoms. The third kappa shape index (κ3) is 5.51. The quantitative estimate of drug-likeness (QED) is 0.493. The maximum Gasteiger partial charge on any atom is 0.303 e. The molecule has 0 unspecified atom stereocenters. The van der Waals surface area contributed by atoms with Crippen LogP contribution in [0, 0.1) is 0 Å².